The Hall–Kier alpha value is -3.24. The Morgan fingerprint density at radius 3 is 2.75 bits per heavy atom. The monoisotopic (exact) mass is 379 g/mol. The number of nitrogens with zero attached hydrogens (tertiary/aromatic N) is 3. The maximum absolute atomic E-state index is 9.39. The van der Waals surface area contributed by atoms with Crippen molar-refractivity contribution in [2.75, 3.05) is 31.2 Å². The molecular weight excluding hydrogens is 358 g/mol. The predicted molar refractivity (Wildman–Crippen MR) is 102 cm³/mol. The van der Waals surface area contributed by atoms with Crippen LogP contribution in [0.2, 0.25) is 0 Å². The lowest BCUT2D eigenvalue weighted by molar-refractivity contribution is 0.120. The second-order valence-corrected chi connectivity index (χ2v) is 6.71. The molecule has 0 aliphatic carbocycles. The summed E-state index contributed by atoms with van der Waals surface area (Å²) in [5.74, 6) is 2.70. The van der Waals surface area contributed by atoms with Crippen LogP contribution in [0, 0.1) is 25.2 Å². The fourth-order valence-electron chi connectivity index (χ4n) is 3.05. The summed E-state index contributed by atoms with van der Waals surface area (Å²) in [6, 6.07) is 11.8. The Bertz CT molecular complexity index is 1010. The van der Waals surface area contributed by atoms with E-state index in [9.17, 15) is 5.26 Å². The van der Waals surface area contributed by atoms with Gasteiger partial charge in [-0.15, -0.1) is 0 Å². The van der Waals surface area contributed by atoms with Crippen molar-refractivity contribution in [3.05, 3.63) is 52.9 Å². The molecule has 3 heterocycles. The molecule has 3 aromatic rings. The van der Waals surface area contributed by atoms with Crippen molar-refractivity contribution in [3.8, 4) is 23.5 Å². The minimum atomic E-state index is 0.251. The summed E-state index contributed by atoms with van der Waals surface area (Å²) >= 11 is 0. The minimum Gasteiger partial charge on any atom is -0.485 e. The van der Waals surface area contributed by atoms with E-state index in [0.29, 0.717) is 50.3 Å². The lowest BCUT2D eigenvalue weighted by Crippen LogP contribution is -2.36. The quantitative estimate of drug-likeness (QED) is 0.666. The van der Waals surface area contributed by atoms with Gasteiger partial charge in [0.25, 0.3) is 5.89 Å². The lowest BCUT2D eigenvalue weighted by Gasteiger charge is -2.25. The predicted octanol–water partition coefficient (Wildman–Crippen LogP) is 3.84. The van der Waals surface area contributed by atoms with Gasteiger partial charge in [0.15, 0.2) is 5.76 Å². The maximum Gasteiger partial charge on any atom is 0.266 e. The number of hydrogen-bond acceptors (Lipinski definition) is 7. The third-order valence-corrected chi connectivity index (χ3v) is 4.60. The molecule has 0 spiro atoms. The van der Waals surface area contributed by atoms with Gasteiger partial charge >= 0.3 is 0 Å². The Morgan fingerprint density at radius 2 is 1.96 bits per heavy atom. The van der Waals surface area contributed by atoms with Gasteiger partial charge in [-0.25, -0.2) is 0 Å². The van der Waals surface area contributed by atoms with E-state index in [2.05, 4.69) is 17.1 Å². The number of aromatic nitrogens is 1. The molecule has 2 aromatic heterocycles. The molecule has 1 aromatic carbocycles. The first-order chi connectivity index (χ1) is 13.6. The normalized spacial score (nSPS) is 14.1. The molecule has 1 saturated heterocycles. The van der Waals surface area contributed by atoms with Crippen LogP contribution >= 0.6 is 0 Å². The number of benzene rings is 1. The van der Waals surface area contributed by atoms with Crippen LogP contribution in [0.3, 0.4) is 0 Å². The lowest BCUT2D eigenvalue weighted by atomic mass is 10.1. The number of hydrogen-bond donors (Lipinski definition) is 0. The van der Waals surface area contributed by atoms with Gasteiger partial charge in [0.2, 0.25) is 11.6 Å². The first kappa shape index (κ1) is 18.1. The largest absolute Gasteiger partial charge is 0.485 e. The summed E-state index contributed by atoms with van der Waals surface area (Å²) in [7, 11) is 0. The fourth-order valence-corrected chi connectivity index (χ4v) is 3.05. The third-order valence-electron chi connectivity index (χ3n) is 4.60. The first-order valence-corrected chi connectivity index (χ1v) is 9.17. The van der Waals surface area contributed by atoms with Gasteiger partial charge in [-0.2, -0.15) is 10.2 Å². The first-order valence-electron chi connectivity index (χ1n) is 9.17. The van der Waals surface area contributed by atoms with E-state index in [0.717, 1.165) is 16.9 Å². The van der Waals surface area contributed by atoms with Crippen molar-refractivity contribution >= 4 is 5.88 Å². The highest BCUT2D eigenvalue weighted by Gasteiger charge is 2.23. The highest BCUT2D eigenvalue weighted by Crippen LogP contribution is 2.30. The number of furan rings is 1. The van der Waals surface area contributed by atoms with E-state index >= 15 is 0 Å². The standard InChI is InChI=1S/C21H21N3O4/c1-14-3-4-15(2)19(11-14)26-13-16-5-6-18(27-16)20-23-17(12-22)21(28-20)24-7-9-25-10-8-24/h3-6,11H,7-10,13H2,1-2H3. The second-order valence-electron chi connectivity index (χ2n) is 6.71. The van der Waals surface area contributed by atoms with E-state index in [-0.39, 0.29) is 11.6 Å². The van der Waals surface area contributed by atoms with Crippen LogP contribution in [-0.4, -0.2) is 31.3 Å². The topological polar surface area (TPSA) is 84.7 Å². The van der Waals surface area contributed by atoms with E-state index in [4.69, 9.17) is 18.3 Å². The van der Waals surface area contributed by atoms with Gasteiger partial charge in [0, 0.05) is 13.1 Å². The summed E-state index contributed by atoms with van der Waals surface area (Å²) in [4.78, 5) is 6.25. The molecule has 7 heteroatoms. The molecule has 0 saturated carbocycles. The van der Waals surface area contributed by atoms with Crippen molar-refractivity contribution in [2.45, 2.75) is 20.5 Å². The maximum atomic E-state index is 9.39. The molecule has 0 bridgehead atoms. The van der Waals surface area contributed by atoms with Gasteiger partial charge < -0.3 is 23.2 Å². The van der Waals surface area contributed by atoms with Crippen molar-refractivity contribution in [1.29, 1.82) is 5.26 Å². The van der Waals surface area contributed by atoms with Crippen LogP contribution in [0.25, 0.3) is 11.7 Å². The van der Waals surface area contributed by atoms with Gasteiger partial charge in [0.05, 0.1) is 13.2 Å². The van der Waals surface area contributed by atoms with Crippen molar-refractivity contribution in [1.82, 2.24) is 4.98 Å². The van der Waals surface area contributed by atoms with Crippen LogP contribution in [-0.2, 0) is 11.3 Å². The third kappa shape index (κ3) is 3.73. The number of morpholine rings is 1. The number of aryl methyl sites for hydroxylation is 2. The van der Waals surface area contributed by atoms with Crippen molar-refractivity contribution in [3.63, 3.8) is 0 Å². The number of ether oxygens (including phenoxy) is 2. The van der Waals surface area contributed by atoms with E-state index in [1.807, 2.05) is 36.9 Å². The highest BCUT2D eigenvalue weighted by atomic mass is 16.5. The molecule has 0 radical (unpaired) electrons. The van der Waals surface area contributed by atoms with Crippen molar-refractivity contribution < 1.29 is 18.3 Å². The molecule has 1 fully saturated rings. The van der Waals surface area contributed by atoms with Crippen LogP contribution in [0.15, 0.2) is 39.2 Å². The van der Waals surface area contributed by atoms with Gasteiger partial charge in [-0.3, -0.25) is 0 Å². The van der Waals surface area contributed by atoms with E-state index in [1.54, 1.807) is 6.07 Å². The van der Waals surface area contributed by atoms with Crippen LogP contribution in [0.1, 0.15) is 22.6 Å². The number of rotatable bonds is 5. The van der Waals surface area contributed by atoms with Gasteiger partial charge in [-0.1, -0.05) is 12.1 Å². The Kier molecular flexibility index (Phi) is 5.04. The van der Waals surface area contributed by atoms with Crippen LogP contribution < -0.4 is 9.64 Å². The zero-order valence-electron chi connectivity index (χ0n) is 15.9. The molecule has 7 nitrogen and oxygen atoms in total. The SMILES string of the molecule is Cc1ccc(C)c(OCc2ccc(-c3nc(C#N)c(N4CCOCC4)o3)o2)c1. The Morgan fingerprint density at radius 1 is 1.14 bits per heavy atom. The molecule has 0 atom stereocenters. The summed E-state index contributed by atoms with van der Waals surface area (Å²) in [5, 5.41) is 9.39. The van der Waals surface area contributed by atoms with Crippen molar-refractivity contribution in [2.24, 2.45) is 0 Å². The van der Waals surface area contributed by atoms with E-state index < -0.39 is 0 Å². The minimum absolute atomic E-state index is 0.251. The molecule has 1 aliphatic heterocycles. The molecule has 0 amide bonds. The average Bonchev–Trinajstić information content (AvgIpc) is 3.36. The molecule has 0 unspecified atom stereocenters. The average molecular weight is 379 g/mol. The Labute approximate surface area is 163 Å². The zero-order valence-corrected chi connectivity index (χ0v) is 15.9. The summed E-state index contributed by atoms with van der Waals surface area (Å²) in [6.45, 7) is 6.85. The Balaban J connectivity index is 1.50. The molecule has 1 aliphatic rings. The second kappa shape index (κ2) is 7.79. The molecule has 28 heavy (non-hydrogen) atoms. The summed E-state index contributed by atoms with van der Waals surface area (Å²) in [5.41, 5.74) is 2.46. The fraction of sp³-hybridized carbons (Fsp3) is 0.333. The van der Waals surface area contributed by atoms with E-state index in [1.165, 1.54) is 0 Å². The summed E-state index contributed by atoms with van der Waals surface area (Å²) in [6.07, 6.45) is 0. The highest BCUT2D eigenvalue weighted by molar-refractivity contribution is 5.56. The number of anilines is 1. The van der Waals surface area contributed by atoms with Crippen LogP contribution in [0.5, 0.6) is 5.75 Å². The molecule has 4 rings (SSSR count). The van der Waals surface area contributed by atoms with Gasteiger partial charge in [-0.05, 0) is 43.2 Å². The van der Waals surface area contributed by atoms with Gasteiger partial charge in [0.1, 0.15) is 24.2 Å². The summed E-state index contributed by atoms with van der Waals surface area (Å²) < 4.78 is 22.9. The zero-order chi connectivity index (χ0) is 19.5. The number of nitriles is 1. The number of oxazole rings is 1. The smallest absolute Gasteiger partial charge is 0.266 e. The molecular formula is C21H21N3O4. The molecule has 0 N–H and O–H groups in total. The molecule has 144 valence electrons. The van der Waals surface area contributed by atoms with Crippen LogP contribution in [0.4, 0.5) is 5.88 Å².